The Morgan fingerprint density at radius 1 is 1.48 bits per heavy atom. The summed E-state index contributed by atoms with van der Waals surface area (Å²) in [5, 5.41) is 8.68. The molecule has 1 atom stereocenters. The molecule has 1 aliphatic heterocycles. The molecule has 6 heteroatoms. The molecule has 0 bridgehead atoms. The van der Waals surface area contributed by atoms with E-state index in [-0.39, 0.29) is 16.2 Å². The van der Waals surface area contributed by atoms with Crippen molar-refractivity contribution in [1.29, 1.82) is 0 Å². The Kier molecular flexibility index (Phi) is 5.33. The molecule has 0 radical (unpaired) electrons. The highest BCUT2D eigenvalue weighted by Gasteiger charge is 2.31. The molecule has 0 spiro atoms. The van der Waals surface area contributed by atoms with Gasteiger partial charge in [-0.2, -0.15) is 11.8 Å². The number of aliphatic hydroxyl groups is 1. The summed E-state index contributed by atoms with van der Waals surface area (Å²) in [6, 6.07) is 6.45. The molecule has 1 aromatic carbocycles. The van der Waals surface area contributed by atoms with Crippen LogP contribution >= 0.6 is 11.8 Å². The van der Waals surface area contributed by atoms with Crippen LogP contribution in [-0.4, -0.2) is 37.2 Å². The van der Waals surface area contributed by atoms with Crippen molar-refractivity contribution in [1.82, 2.24) is 4.72 Å². The Hall–Kier alpha value is -1.00. The lowest BCUT2D eigenvalue weighted by Crippen LogP contribution is -2.36. The van der Waals surface area contributed by atoms with E-state index in [9.17, 15) is 8.42 Å². The number of hydrogen-bond acceptors (Lipinski definition) is 4. The van der Waals surface area contributed by atoms with Gasteiger partial charge in [-0.1, -0.05) is 17.9 Å². The monoisotopic (exact) mass is 325 g/mol. The molecule has 1 unspecified atom stereocenters. The maximum atomic E-state index is 12.3. The average Bonchev–Trinajstić information content (AvgIpc) is 2.91. The van der Waals surface area contributed by atoms with Crippen LogP contribution in [0, 0.1) is 11.8 Å². The van der Waals surface area contributed by atoms with Gasteiger partial charge in [0.05, 0.1) is 4.90 Å². The first-order valence-electron chi connectivity index (χ1n) is 6.79. The Balaban J connectivity index is 2.12. The standard InChI is InChI=1S/C15H19NO3S2/c1-15(8-4-10-20-15)12-16-21(18,19)14-7-2-5-13(11-14)6-3-9-17/h2,5,7,11,16-17H,4,8-10,12H2,1H3. The number of aliphatic hydroxyl groups excluding tert-OH is 1. The van der Waals surface area contributed by atoms with Gasteiger partial charge >= 0.3 is 0 Å². The topological polar surface area (TPSA) is 66.4 Å². The Morgan fingerprint density at radius 2 is 2.29 bits per heavy atom. The minimum Gasteiger partial charge on any atom is -0.384 e. The zero-order chi connectivity index (χ0) is 15.3. The van der Waals surface area contributed by atoms with Crippen LogP contribution in [0.2, 0.25) is 0 Å². The third-order valence-corrected chi connectivity index (χ3v) is 6.33. The van der Waals surface area contributed by atoms with Gasteiger partial charge in [-0.15, -0.1) is 0 Å². The van der Waals surface area contributed by atoms with Gasteiger partial charge in [0.25, 0.3) is 0 Å². The molecule has 1 heterocycles. The molecule has 1 aliphatic rings. The van der Waals surface area contributed by atoms with Crippen LogP contribution in [0.3, 0.4) is 0 Å². The van der Waals surface area contributed by atoms with Crippen LogP contribution in [0.4, 0.5) is 0 Å². The van der Waals surface area contributed by atoms with Crippen LogP contribution in [0.15, 0.2) is 29.2 Å². The van der Waals surface area contributed by atoms with Crippen LogP contribution in [0.25, 0.3) is 0 Å². The van der Waals surface area contributed by atoms with E-state index in [1.807, 2.05) is 11.8 Å². The zero-order valence-corrected chi connectivity index (χ0v) is 13.6. The van der Waals surface area contributed by atoms with Gasteiger partial charge in [-0.25, -0.2) is 13.1 Å². The summed E-state index contributed by atoms with van der Waals surface area (Å²) >= 11 is 1.82. The van der Waals surface area contributed by atoms with E-state index in [1.54, 1.807) is 18.2 Å². The van der Waals surface area contributed by atoms with Crippen molar-refractivity contribution in [3.63, 3.8) is 0 Å². The SMILES string of the molecule is CC1(CNS(=O)(=O)c2cccc(C#CCO)c2)CCCS1. The number of nitrogens with one attached hydrogen (secondary N) is 1. The quantitative estimate of drug-likeness (QED) is 0.825. The van der Waals surface area contributed by atoms with Crippen molar-refractivity contribution in [3.8, 4) is 11.8 Å². The first-order chi connectivity index (χ1) is 9.95. The van der Waals surface area contributed by atoms with Crippen molar-refractivity contribution in [2.24, 2.45) is 0 Å². The number of thioether (sulfide) groups is 1. The first kappa shape index (κ1) is 16.4. The third kappa shape index (κ3) is 4.48. The molecule has 1 aromatic rings. The van der Waals surface area contributed by atoms with E-state index in [0.29, 0.717) is 12.1 Å². The summed E-state index contributed by atoms with van der Waals surface area (Å²) in [5.41, 5.74) is 0.577. The maximum absolute atomic E-state index is 12.3. The maximum Gasteiger partial charge on any atom is 0.240 e. The van der Waals surface area contributed by atoms with Gasteiger partial charge in [-0.3, -0.25) is 0 Å². The van der Waals surface area contributed by atoms with Gasteiger partial charge in [-0.05, 0) is 43.7 Å². The minimum absolute atomic E-state index is 0.0125. The molecule has 0 aliphatic carbocycles. The highest BCUT2D eigenvalue weighted by atomic mass is 32.2. The summed E-state index contributed by atoms with van der Waals surface area (Å²) in [6.45, 7) is 2.29. The summed E-state index contributed by atoms with van der Waals surface area (Å²) < 4.78 is 27.4. The lowest BCUT2D eigenvalue weighted by molar-refractivity contribution is 0.350. The largest absolute Gasteiger partial charge is 0.384 e. The molecule has 1 fully saturated rings. The van der Waals surface area contributed by atoms with Crippen molar-refractivity contribution in [3.05, 3.63) is 29.8 Å². The van der Waals surface area contributed by atoms with Gasteiger partial charge < -0.3 is 5.11 Å². The summed E-state index contributed by atoms with van der Waals surface area (Å²) in [6.07, 6.45) is 2.16. The van der Waals surface area contributed by atoms with Crippen molar-refractivity contribution >= 4 is 21.8 Å². The van der Waals surface area contributed by atoms with E-state index in [0.717, 1.165) is 18.6 Å². The lowest BCUT2D eigenvalue weighted by atomic mass is 10.1. The fraction of sp³-hybridized carbons (Fsp3) is 0.467. The molecule has 0 saturated carbocycles. The lowest BCUT2D eigenvalue weighted by Gasteiger charge is -2.22. The molecular weight excluding hydrogens is 306 g/mol. The van der Waals surface area contributed by atoms with Crippen LogP contribution in [0.1, 0.15) is 25.3 Å². The molecule has 114 valence electrons. The molecule has 4 nitrogen and oxygen atoms in total. The van der Waals surface area contributed by atoms with E-state index in [1.165, 1.54) is 6.07 Å². The summed E-state index contributed by atoms with van der Waals surface area (Å²) in [5.74, 6) is 6.32. The van der Waals surface area contributed by atoms with E-state index in [2.05, 4.69) is 23.5 Å². The summed E-state index contributed by atoms with van der Waals surface area (Å²) in [7, 11) is -3.53. The van der Waals surface area contributed by atoms with Crippen LogP contribution in [-0.2, 0) is 10.0 Å². The Morgan fingerprint density at radius 3 is 2.95 bits per heavy atom. The second-order valence-corrected chi connectivity index (χ2v) is 8.66. The highest BCUT2D eigenvalue weighted by Crippen LogP contribution is 2.37. The van der Waals surface area contributed by atoms with Crippen LogP contribution in [0.5, 0.6) is 0 Å². The third-order valence-electron chi connectivity index (χ3n) is 3.39. The molecule has 0 amide bonds. The number of benzene rings is 1. The van der Waals surface area contributed by atoms with Gasteiger partial charge in [0, 0.05) is 16.9 Å². The number of hydrogen-bond donors (Lipinski definition) is 2. The van der Waals surface area contributed by atoms with E-state index in [4.69, 9.17) is 5.11 Å². The molecule has 0 aromatic heterocycles. The van der Waals surface area contributed by atoms with E-state index < -0.39 is 10.0 Å². The number of sulfonamides is 1. The molecule has 21 heavy (non-hydrogen) atoms. The number of rotatable bonds is 4. The zero-order valence-electron chi connectivity index (χ0n) is 11.9. The predicted molar refractivity (Wildman–Crippen MR) is 85.7 cm³/mol. The fourth-order valence-electron chi connectivity index (χ4n) is 2.19. The molecular formula is C15H19NO3S2. The normalized spacial score (nSPS) is 21.8. The van der Waals surface area contributed by atoms with E-state index >= 15 is 0 Å². The Bertz CT molecular complexity index is 653. The average molecular weight is 325 g/mol. The second-order valence-electron chi connectivity index (χ2n) is 5.21. The van der Waals surface area contributed by atoms with Crippen molar-refractivity contribution in [2.75, 3.05) is 18.9 Å². The van der Waals surface area contributed by atoms with Crippen LogP contribution < -0.4 is 4.72 Å². The predicted octanol–water partition coefficient (Wildman–Crippen LogP) is 1.59. The first-order valence-corrected chi connectivity index (χ1v) is 9.25. The highest BCUT2D eigenvalue weighted by molar-refractivity contribution is 8.01. The van der Waals surface area contributed by atoms with Gasteiger partial charge in [0.15, 0.2) is 0 Å². The molecule has 2 rings (SSSR count). The Labute approximate surface area is 130 Å². The molecule has 2 N–H and O–H groups in total. The minimum atomic E-state index is -3.53. The van der Waals surface area contributed by atoms with Crippen molar-refractivity contribution in [2.45, 2.75) is 29.4 Å². The fourth-order valence-corrected chi connectivity index (χ4v) is 4.74. The van der Waals surface area contributed by atoms with Gasteiger partial charge in [0.2, 0.25) is 10.0 Å². The summed E-state index contributed by atoms with van der Waals surface area (Å²) in [4.78, 5) is 0.207. The van der Waals surface area contributed by atoms with Gasteiger partial charge in [0.1, 0.15) is 6.61 Å². The smallest absolute Gasteiger partial charge is 0.240 e. The van der Waals surface area contributed by atoms with Crippen molar-refractivity contribution < 1.29 is 13.5 Å². The second kappa shape index (κ2) is 6.84. The molecule has 1 saturated heterocycles.